The fourth-order valence-electron chi connectivity index (χ4n) is 3.95. The number of alkyl halides is 4. The van der Waals surface area contributed by atoms with Crippen molar-refractivity contribution in [2.24, 2.45) is 0 Å². The lowest BCUT2D eigenvalue weighted by Gasteiger charge is -2.28. The van der Waals surface area contributed by atoms with E-state index in [-0.39, 0.29) is 16.2 Å². The zero-order valence-corrected chi connectivity index (χ0v) is 27.5. The molecule has 1 saturated carbocycles. The molecule has 9 nitrogen and oxygen atoms in total. The number of aromatic nitrogens is 1. The Hall–Kier alpha value is -3.25. The molecule has 2 aromatic heterocycles. The van der Waals surface area contributed by atoms with Gasteiger partial charge in [0.2, 0.25) is 0 Å². The van der Waals surface area contributed by atoms with E-state index in [2.05, 4.69) is 15.8 Å². The lowest BCUT2D eigenvalue weighted by atomic mass is 10.00. The summed E-state index contributed by atoms with van der Waals surface area (Å²) < 4.78 is 94.8. The number of thiophene rings is 1. The molecule has 0 bridgehead atoms. The normalized spacial score (nSPS) is 14.5. The molecule has 0 unspecified atom stereocenters. The highest BCUT2D eigenvalue weighted by atomic mass is 32.2. The summed E-state index contributed by atoms with van der Waals surface area (Å²) in [4.78, 5) is 29.1. The Labute approximate surface area is 259 Å². The minimum absolute atomic E-state index is 0.150. The molecule has 0 radical (unpaired) electrons. The summed E-state index contributed by atoms with van der Waals surface area (Å²) in [7, 11) is -3.15. The number of amides is 1. The van der Waals surface area contributed by atoms with Crippen molar-refractivity contribution in [1.82, 2.24) is 4.98 Å². The van der Waals surface area contributed by atoms with Crippen LogP contribution in [0.5, 0.6) is 0 Å². The number of anilines is 1. The van der Waals surface area contributed by atoms with Gasteiger partial charge in [-0.05, 0) is 51.3 Å². The summed E-state index contributed by atoms with van der Waals surface area (Å²) in [5.41, 5.74) is -2.24. The van der Waals surface area contributed by atoms with E-state index in [1.54, 1.807) is 0 Å². The van der Waals surface area contributed by atoms with Crippen LogP contribution < -0.4 is 4.90 Å². The highest BCUT2D eigenvalue weighted by Gasteiger charge is 2.57. The summed E-state index contributed by atoms with van der Waals surface area (Å²) >= 11 is 0.150. The van der Waals surface area contributed by atoms with Crippen molar-refractivity contribution in [2.45, 2.75) is 102 Å². The number of rotatable bonds is 10. The average molecular weight is 664 g/mol. The van der Waals surface area contributed by atoms with Crippen LogP contribution in [0.1, 0.15) is 93.4 Å². The van der Waals surface area contributed by atoms with Crippen LogP contribution in [0.15, 0.2) is 23.2 Å². The van der Waals surface area contributed by atoms with E-state index in [0.717, 1.165) is 18.9 Å². The Balaban J connectivity index is 0.00000330. The number of halogens is 4. The molecule has 2 heterocycles. The summed E-state index contributed by atoms with van der Waals surface area (Å²) in [6, 6.07) is 3.96. The maximum Gasteiger partial charge on any atom is 0.416 e. The average Bonchev–Trinajstić information content (AvgIpc) is 3.66. The molecule has 0 saturated heterocycles. The molecule has 15 heteroatoms. The molecule has 0 spiro atoms. The van der Waals surface area contributed by atoms with Crippen molar-refractivity contribution >= 4 is 39.1 Å². The largest absolute Gasteiger partial charge is 0.465 e. The van der Waals surface area contributed by atoms with Gasteiger partial charge in [-0.3, -0.25) is 4.90 Å². The molecular weight excluding hydrogens is 626 g/mol. The number of pyridine rings is 1. The van der Waals surface area contributed by atoms with Gasteiger partial charge in [-0.1, -0.05) is 27.7 Å². The Kier molecular flexibility index (Phi) is 11.2. The van der Waals surface area contributed by atoms with E-state index in [4.69, 9.17) is 4.74 Å². The van der Waals surface area contributed by atoms with Crippen LogP contribution in [0.2, 0.25) is 0 Å². The van der Waals surface area contributed by atoms with E-state index in [1.807, 2.05) is 13.8 Å². The molecule has 44 heavy (non-hydrogen) atoms. The van der Waals surface area contributed by atoms with Crippen molar-refractivity contribution in [3.63, 3.8) is 0 Å². The fraction of sp³-hybridized carbons (Fsp3) is 0.586. The Bertz CT molecular complexity index is 1520. The van der Waals surface area contributed by atoms with E-state index in [1.165, 1.54) is 40.0 Å². The fourth-order valence-corrected chi connectivity index (χ4v) is 6.17. The van der Waals surface area contributed by atoms with Gasteiger partial charge in [-0.25, -0.2) is 23.0 Å². The number of carbonyl (C=O) groups excluding carboxylic acids is 2. The summed E-state index contributed by atoms with van der Waals surface area (Å²) in [6.07, 6.45) is -0.141. The second-order valence-electron chi connectivity index (χ2n) is 10.8. The first kappa shape index (κ1) is 36.9. The number of carbonyl (C=O) groups is 2. The predicted octanol–water partition coefficient (Wildman–Crippen LogP) is 7.38. The molecule has 0 atom stereocenters. The Morgan fingerprint density at radius 2 is 1.73 bits per heavy atom. The highest BCUT2D eigenvalue weighted by molar-refractivity contribution is 7.91. The minimum atomic E-state index is -4.67. The van der Waals surface area contributed by atoms with Gasteiger partial charge < -0.3 is 9.47 Å². The Morgan fingerprint density at radius 3 is 2.18 bits per heavy atom. The first-order valence-corrected chi connectivity index (χ1v) is 16.4. The van der Waals surface area contributed by atoms with E-state index in [9.17, 15) is 40.8 Å². The van der Waals surface area contributed by atoms with Crippen LogP contribution in [-0.4, -0.2) is 49.9 Å². The first-order chi connectivity index (χ1) is 20.3. The monoisotopic (exact) mass is 663 g/mol. The van der Waals surface area contributed by atoms with Gasteiger partial charge in [0, 0.05) is 17.5 Å². The van der Waals surface area contributed by atoms with Crippen LogP contribution in [0.4, 0.5) is 28.2 Å². The second-order valence-corrected chi connectivity index (χ2v) is 14.2. The maximum absolute atomic E-state index is 14.9. The SMILES string of the molecule is CC.CCC(F)(F)C(F)(F)c1cc(C(=O)OC)c(CN(C(=O)OC(C)(C)C)c2ncc(C3(C#N)CC3)cc2S(=O)(=O)CC)s1. The van der Waals surface area contributed by atoms with Gasteiger partial charge in [0.25, 0.3) is 0 Å². The Morgan fingerprint density at radius 1 is 1.14 bits per heavy atom. The predicted molar refractivity (Wildman–Crippen MR) is 157 cm³/mol. The number of hydrogen-bond donors (Lipinski definition) is 0. The molecule has 1 amide bonds. The molecule has 1 aliphatic rings. The topological polar surface area (TPSA) is 127 Å². The standard InChI is InChI=1S/C27H31F4N3O6S2.C2H6/c1-7-26(28,29)27(30,31)20-12-17(22(35)39-6)18(41-20)14-34(23(36)40-24(3,4)5)21-19(42(37,38)8-2)11-16(13-33-21)25(15-32)9-10-25;1-2/h11-13H,7-10,14H2,1-6H3;1-2H3. The van der Waals surface area contributed by atoms with Gasteiger partial charge in [0.1, 0.15) is 10.5 Å². The molecule has 0 aromatic carbocycles. The highest BCUT2D eigenvalue weighted by Crippen LogP contribution is 2.50. The third kappa shape index (κ3) is 7.51. The lowest BCUT2D eigenvalue weighted by Crippen LogP contribution is -2.38. The summed E-state index contributed by atoms with van der Waals surface area (Å²) in [5, 5.41) is 9.63. The zero-order chi connectivity index (χ0) is 33.9. The molecule has 1 aliphatic carbocycles. The van der Waals surface area contributed by atoms with E-state index < -0.39 is 84.6 Å². The summed E-state index contributed by atoms with van der Waals surface area (Å²) in [5.74, 6) is -11.1. The third-order valence-corrected chi connectivity index (χ3v) is 9.58. The van der Waals surface area contributed by atoms with Crippen molar-refractivity contribution in [3.8, 4) is 6.07 Å². The van der Waals surface area contributed by atoms with E-state index in [0.29, 0.717) is 24.5 Å². The van der Waals surface area contributed by atoms with Crippen LogP contribution in [0.3, 0.4) is 0 Å². The maximum atomic E-state index is 14.9. The van der Waals surface area contributed by atoms with Crippen molar-refractivity contribution in [3.05, 3.63) is 39.2 Å². The zero-order valence-electron chi connectivity index (χ0n) is 25.9. The van der Waals surface area contributed by atoms with Crippen molar-refractivity contribution in [2.75, 3.05) is 17.8 Å². The first-order valence-electron chi connectivity index (χ1n) is 13.9. The molecule has 0 aliphatic heterocycles. The number of hydrogen-bond acceptors (Lipinski definition) is 9. The number of esters is 1. The van der Waals surface area contributed by atoms with Crippen LogP contribution in [-0.2, 0) is 37.2 Å². The van der Waals surface area contributed by atoms with Crippen LogP contribution in [0, 0.1) is 11.3 Å². The summed E-state index contributed by atoms with van der Waals surface area (Å²) in [6.45, 7) is 10.1. The number of ether oxygens (including phenoxy) is 2. The lowest BCUT2D eigenvalue weighted by molar-refractivity contribution is -0.215. The van der Waals surface area contributed by atoms with Gasteiger partial charge in [0.15, 0.2) is 15.7 Å². The van der Waals surface area contributed by atoms with Gasteiger partial charge in [-0.15, -0.1) is 11.3 Å². The minimum Gasteiger partial charge on any atom is -0.465 e. The number of nitriles is 1. The molecule has 0 N–H and O–H groups in total. The second kappa shape index (κ2) is 13.4. The smallest absolute Gasteiger partial charge is 0.416 e. The van der Waals surface area contributed by atoms with Crippen LogP contribution >= 0.6 is 11.3 Å². The number of methoxy groups -OCH3 is 1. The number of sulfone groups is 1. The van der Waals surface area contributed by atoms with Gasteiger partial charge >= 0.3 is 23.9 Å². The molecule has 244 valence electrons. The van der Waals surface area contributed by atoms with E-state index >= 15 is 0 Å². The third-order valence-electron chi connectivity index (χ3n) is 6.66. The van der Waals surface area contributed by atoms with Crippen molar-refractivity contribution < 1.29 is 45.0 Å². The molecule has 1 fully saturated rings. The molecule has 2 aromatic rings. The molecular formula is C29H37F4N3O6S2. The van der Waals surface area contributed by atoms with Gasteiger partial charge in [0.05, 0.1) is 41.3 Å². The van der Waals surface area contributed by atoms with Crippen molar-refractivity contribution in [1.29, 1.82) is 5.26 Å². The molecule has 3 rings (SSSR count). The number of nitrogens with zero attached hydrogens (tertiary/aromatic N) is 3. The quantitative estimate of drug-likeness (QED) is 0.190. The van der Waals surface area contributed by atoms with Gasteiger partial charge in [-0.2, -0.15) is 22.8 Å². The van der Waals surface area contributed by atoms with Crippen LogP contribution in [0.25, 0.3) is 0 Å².